The number of carbonyl (C=O) groups is 2. The zero-order valence-corrected chi connectivity index (χ0v) is 17.8. The number of hydrogen-bond donors (Lipinski definition) is 1. The Labute approximate surface area is 188 Å². The lowest BCUT2D eigenvalue weighted by molar-refractivity contribution is -0.154. The van der Waals surface area contributed by atoms with Crippen molar-refractivity contribution in [3.05, 3.63) is 65.7 Å². The second-order valence-corrected chi connectivity index (χ2v) is 7.57. The quantitative estimate of drug-likeness (QED) is 0.539. The zero-order valence-electron chi connectivity index (χ0n) is 17.8. The molecule has 4 rings (SSSR count). The van der Waals surface area contributed by atoms with Gasteiger partial charge >= 0.3 is 5.97 Å². The number of aromatic nitrogens is 2. The Morgan fingerprint density at radius 2 is 1.97 bits per heavy atom. The van der Waals surface area contributed by atoms with Crippen molar-refractivity contribution in [1.29, 1.82) is 0 Å². The smallest absolute Gasteiger partial charge is 0.329 e. The van der Waals surface area contributed by atoms with Crippen LogP contribution in [0.25, 0.3) is 11.5 Å². The molecule has 9 nitrogen and oxygen atoms in total. The highest BCUT2D eigenvalue weighted by molar-refractivity contribution is 5.86. The molecular formula is C23H22FN3O6. The van der Waals surface area contributed by atoms with Crippen molar-refractivity contribution >= 4 is 11.9 Å². The minimum absolute atomic E-state index is 0.0309. The van der Waals surface area contributed by atoms with E-state index in [0.29, 0.717) is 11.3 Å². The largest absolute Gasteiger partial charge is 0.497 e. The molecule has 1 amide bonds. The zero-order chi connectivity index (χ0) is 23.4. The highest BCUT2D eigenvalue weighted by atomic mass is 19.1. The SMILES string of the molecule is COc1ccc(-c2nc(COC(=O)C3CC(O)CN3C(=O)Cc3ccccc3F)no2)cc1. The van der Waals surface area contributed by atoms with Crippen molar-refractivity contribution in [1.82, 2.24) is 15.0 Å². The van der Waals surface area contributed by atoms with Crippen LogP contribution >= 0.6 is 0 Å². The van der Waals surface area contributed by atoms with Crippen LogP contribution in [0.2, 0.25) is 0 Å². The van der Waals surface area contributed by atoms with Crippen molar-refractivity contribution in [3.63, 3.8) is 0 Å². The Balaban J connectivity index is 1.37. The number of methoxy groups -OCH3 is 1. The number of likely N-dealkylation sites (tertiary alicyclic amines) is 1. The summed E-state index contributed by atoms with van der Waals surface area (Å²) in [5, 5.41) is 13.8. The summed E-state index contributed by atoms with van der Waals surface area (Å²) in [6.07, 6.45) is -1.07. The summed E-state index contributed by atoms with van der Waals surface area (Å²) < 4.78 is 29.5. The summed E-state index contributed by atoms with van der Waals surface area (Å²) in [4.78, 5) is 30.8. The third-order valence-electron chi connectivity index (χ3n) is 5.32. The van der Waals surface area contributed by atoms with E-state index in [1.807, 2.05) is 0 Å². The van der Waals surface area contributed by atoms with Crippen LogP contribution in [-0.2, 0) is 27.4 Å². The van der Waals surface area contributed by atoms with Crippen LogP contribution in [0.1, 0.15) is 17.8 Å². The molecule has 3 aromatic rings. The van der Waals surface area contributed by atoms with Gasteiger partial charge in [0.15, 0.2) is 6.61 Å². The topological polar surface area (TPSA) is 115 Å². The van der Waals surface area contributed by atoms with Gasteiger partial charge in [0.05, 0.1) is 19.6 Å². The molecule has 2 unspecified atom stereocenters. The summed E-state index contributed by atoms with van der Waals surface area (Å²) in [5.41, 5.74) is 0.888. The number of hydrogen-bond acceptors (Lipinski definition) is 8. The number of ether oxygens (including phenoxy) is 2. The molecule has 2 atom stereocenters. The highest BCUT2D eigenvalue weighted by Gasteiger charge is 2.40. The van der Waals surface area contributed by atoms with Gasteiger partial charge in [0.25, 0.3) is 5.89 Å². The van der Waals surface area contributed by atoms with Crippen LogP contribution < -0.4 is 4.74 Å². The minimum atomic E-state index is -0.979. The first kappa shape index (κ1) is 22.4. The molecule has 2 heterocycles. The number of aliphatic hydroxyl groups is 1. The maximum absolute atomic E-state index is 13.9. The minimum Gasteiger partial charge on any atom is -0.497 e. The summed E-state index contributed by atoms with van der Waals surface area (Å²) in [7, 11) is 1.56. The fourth-order valence-electron chi connectivity index (χ4n) is 3.61. The van der Waals surface area contributed by atoms with Gasteiger partial charge in [-0.05, 0) is 35.9 Å². The standard InChI is InChI=1S/C23H22FN3O6/c1-31-17-8-6-14(7-9-17)22-25-20(26-33-22)13-32-23(30)19-11-16(28)12-27(19)21(29)10-15-4-2-3-5-18(15)24/h2-9,16,19,28H,10-13H2,1H3. The summed E-state index contributed by atoms with van der Waals surface area (Å²) in [6.45, 7) is -0.294. The average Bonchev–Trinajstić information content (AvgIpc) is 3.46. The van der Waals surface area contributed by atoms with Gasteiger partial charge in [-0.2, -0.15) is 4.98 Å². The Morgan fingerprint density at radius 1 is 1.21 bits per heavy atom. The number of amides is 1. The number of halogens is 1. The predicted octanol–water partition coefficient (Wildman–Crippen LogP) is 2.13. The van der Waals surface area contributed by atoms with E-state index in [1.54, 1.807) is 37.4 Å². The molecular weight excluding hydrogens is 433 g/mol. The van der Waals surface area contributed by atoms with E-state index in [4.69, 9.17) is 14.0 Å². The van der Waals surface area contributed by atoms with E-state index < -0.39 is 29.8 Å². The lowest BCUT2D eigenvalue weighted by Crippen LogP contribution is -2.42. The van der Waals surface area contributed by atoms with Gasteiger partial charge in [0.2, 0.25) is 11.7 Å². The first-order valence-electron chi connectivity index (χ1n) is 10.3. The normalized spacial score (nSPS) is 17.7. The molecule has 2 aromatic carbocycles. The van der Waals surface area contributed by atoms with Crippen LogP contribution in [0.5, 0.6) is 5.75 Å². The fourth-order valence-corrected chi connectivity index (χ4v) is 3.61. The molecule has 1 N–H and O–H groups in total. The van der Waals surface area contributed by atoms with Gasteiger partial charge in [-0.25, -0.2) is 9.18 Å². The molecule has 1 aliphatic heterocycles. The monoisotopic (exact) mass is 455 g/mol. The third-order valence-corrected chi connectivity index (χ3v) is 5.32. The number of esters is 1. The Hall–Kier alpha value is -3.79. The molecule has 10 heteroatoms. The molecule has 0 saturated carbocycles. The van der Waals surface area contributed by atoms with Crippen molar-refractivity contribution in [2.45, 2.75) is 31.6 Å². The van der Waals surface area contributed by atoms with Gasteiger partial charge in [-0.1, -0.05) is 23.4 Å². The number of β-amino-alcohol motifs (C(OH)–C–C–N with tert-alkyl or cyclic N) is 1. The number of benzene rings is 2. The molecule has 1 aromatic heterocycles. The molecule has 0 bridgehead atoms. The average molecular weight is 455 g/mol. The summed E-state index contributed by atoms with van der Waals surface area (Å²) in [5.74, 6) is -0.599. The number of aliphatic hydroxyl groups excluding tert-OH is 1. The van der Waals surface area contributed by atoms with Gasteiger partial charge in [-0.3, -0.25) is 4.79 Å². The lowest BCUT2D eigenvalue weighted by atomic mass is 10.1. The van der Waals surface area contributed by atoms with Crippen LogP contribution in [0.3, 0.4) is 0 Å². The van der Waals surface area contributed by atoms with Crippen molar-refractivity contribution in [2.24, 2.45) is 0 Å². The number of carbonyl (C=O) groups excluding carboxylic acids is 2. The first-order valence-corrected chi connectivity index (χ1v) is 10.3. The van der Waals surface area contributed by atoms with E-state index in [0.717, 1.165) is 0 Å². The molecule has 172 valence electrons. The van der Waals surface area contributed by atoms with Crippen molar-refractivity contribution < 1.29 is 33.1 Å². The van der Waals surface area contributed by atoms with E-state index in [1.165, 1.54) is 23.1 Å². The summed E-state index contributed by atoms with van der Waals surface area (Å²) >= 11 is 0. The van der Waals surface area contributed by atoms with Gasteiger partial charge in [0.1, 0.15) is 17.6 Å². The second kappa shape index (κ2) is 9.78. The van der Waals surface area contributed by atoms with Gasteiger partial charge < -0.3 is 24.0 Å². The predicted molar refractivity (Wildman–Crippen MR) is 112 cm³/mol. The number of rotatable bonds is 7. The van der Waals surface area contributed by atoms with E-state index >= 15 is 0 Å². The van der Waals surface area contributed by atoms with Crippen LogP contribution in [0.4, 0.5) is 4.39 Å². The molecule has 0 radical (unpaired) electrons. The molecule has 1 aliphatic rings. The molecule has 0 spiro atoms. The van der Waals surface area contributed by atoms with E-state index in [-0.39, 0.29) is 43.3 Å². The molecule has 33 heavy (non-hydrogen) atoms. The summed E-state index contributed by atoms with van der Waals surface area (Å²) in [6, 6.07) is 11.9. The fraction of sp³-hybridized carbons (Fsp3) is 0.304. The second-order valence-electron chi connectivity index (χ2n) is 7.57. The van der Waals surface area contributed by atoms with Crippen molar-refractivity contribution in [2.75, 3.05) is 13.7 Å². The van der Waals surface area contributed by atoms with Crippen LogP contribution in [-0.4, -0.2) is 57.8 Å². The van der Waals surface area contributed by atoms with Gasteiger partial charge in [-0.15, -0.1) is 0 Å². The lowest BCUT2D eigenvalue weighted by Gasteiger charge is -2.23. The maximum atomic E-state index is 13.9. The van der Waals surface area contributed by atoms with Gasteiger partial charge in [0, 0.05) is 18.5 Å². The highest BCUT2D eigenvalue weighted by Crippen LogP contribution is 2.23. The maximum Gasteiger partial charge on any atom is 0.329 e. The molecule has 1 saturated heterocycles. The first-order chi connectivity index (χ1) is 15.9. The molecule has 0 aliphatic carbocycles. The third kappa shape index (κ3) is 5.17. The Bertz CT molecular complexity index is 1130. The van der Waals surface area contributed by atoms with E-state index in [2.05, 4.69) is 10.1 Å². The Morgan fingerprint density at radius 3 is 2.70 bits per heavy atom. The number of nitrogens with zero attached hydrogens (tertiary/aromatic N) is 3. The van der Waals surface area contributed by atoms with Crippen LogP contribution in [0, 0.1) is 5.82 Å². The molecule has 1 fully saturated rings. The van der Waals surface area contributed by atoms with Crippen molar-refractivity contribution in [3.8, 4) is 17.2 Å². The van der Waals surface area contributed by atoms with E-state index in [9.17, 15) is 19.1 Å². The van der Waals surface area contributed by atoms with Crippen LogP contribution in [0.15, 0.2) is 53.1 Å². The Kier molecular flexibility index (Phi) is 6.64.